The van der Waals surface area contributed by atoms with E-state index in [4.69, 9.17) is 11.6 Å². The molecule has 3 rings (SSSR count). The molecule has 11 heteroatoms. The molecule has 0 saturated carbocycles. The quantitative estimate of drug-likeness (QED) is 0.580. The van der Waals surface area contributed by atoms with Crippen LogP contribution < -0.4 is 4.72 Å². The summed E-state index contributed by atoms with van der Waals surface area (Å²) in [6, 6.07) is 7.65. The number of azo groups is 2. The van der Waals surface area contributed by atoms with Crippen molar-refractivity contribution in [3.8, 4) is 0 Å². The fraction of sp³-hybridized carbons (Fsp3) is 0.316. The molecule has 1 N–H and O–H groups in total. The maximum Gasteiger partial charge on any atom is 0.516 e. The number of anilines is 1. The van der Waals surface area contributed by atoms with Crippen LogP contribution in [0.25, 0.3) is 5.70 Å². The minimum atomic E-state index is -5.51. The first kappa shape index (κ1) is 22.2. The van der Waals surface area contributed by atoms with Crippen LogP contribution in [-0.2, 0) is 23.0 Å². The van der Waals surface area contributed by atoms with Gasteiger partial charge in [0.15, 0.2) is 6.54 Å². The van der Waals surface area contributed by atoms with Crippen LogP contribution in [0.3, 0.4) is 0 Å². The number of sulfonamides is 1. The molecule has 2 heterocycles. The summed E-state index contributed by atoms with van der Waals surface area (Å²) >= 11 is 6.11. The maximum atomic E-state index is 12.5. The number of pyridine rings is 1. The van der Waals surface area contributed by atoms with E-state index < -0.39 is 15.5 Å². The molecule has 0 amide bonds. The van der Waals surface area contributed by atoms with E-state index >= 15 is 0 Å². The van der Waals surface area contributed by atoms with Gasteiger partial charge in [0.05, 0.1) is 10.7 Å². The van der Waals surface area contributed by atoms with E-state index in [-0.39, 0.29) is 10.7 Å². The molecule has 1 aromatic heterocycles. The highest BCUT2D eigenvalue weighted by molar-refractivity contribution is 7.93. The van der Waals surface area contributed by atoms with Crippen LogP contribution >= 0.6 is 11.6 Å². The minimum absolute atomic E-state index is 0.0788. The second-order valence-electron chi connectivity index (χ2n) is 7.21. The highest BCUT2D eigenvalue weighted by Gasteiger charge is 2.46. The lowest BCUT2D eigenvalue weighted by Crippen LogP contribution is -2.29. The Morgan fingerprint density at radius 3 is 2.50 bits per heavy atom. The van der Waals surface area contributed by atoms with Crippen LogP contribution in [0.1, 0.15) is 30.7 Å². The third-order valence-corrected chi connectivity index (χ3v) is 5.58. The summed E-state index contributed by atoms with van der Waals surface area (Å²) in [5.74, 6) is 0.499. The number of nitrogens with one attached hydrogen (secondary N) is 1. The van der Waals surface area contributed by atoms with Gasteiger partial charge in [0, 0.05) is 28.1 Å². The Balaban J connectivity index is 1.67. The number of nitrogens with zero attached hydrogens (tertiary/aromatic N) is 3. The smallest absolute Gasteiger partial charge is 0.276 e. The fourth-order valence-corrected chi connectivity index (χ4v) is 3.66. The molecular formula is C19H19ClF3N4O2S+. The molecule has 160 valence electrons. The van der Waals surface area contributed by atoms with Gasteiger partial charge in [-0.05, 0) is 42.7 Å². The van der Waals surface area contributed by atoms with Crippen molar-refractivity contribution in [2.24, 2.45) is 11.0 Å². The zero-order chi connectivity index (χ0) is 22.1. The summed E-state index contributed by atoms with van der Waals surface area (Å²) in [4.78, 5) is 4.35. The minimum Gasteiger partial charge on any atom is -0.276 e. The van der Waals surface area contributed by atoms with E-state index in [0.29, 0.717) is 23.7 Å². The molecule has 0 fully saturated rings. The molecule has 30 heavy (non-hydrogen) atoms. The third-order valence-electron chi connectivity index (χ3n) is 4.15. The molecular weight excluding hydrogens is 441 g/mol. The standard InChI is InChI=1S/C19H19ClF3N4O2S/c1-12(2)7-15-8-13(5-6-24-15)10-27-11-18(25-27)16-4-3-14(9-17(16)20)26-30(28,29)19(21,22)23/h3-6,8-9,11-12,26H,7,10H2,1-2H3/q+1. The van der Waals surface area contributed by atoms with Gasteiger partial charge in [-0.15, -0.1) is 0 Å². The molecule has 1 aliphatic heterocycles. The van der Waals surface area contributed by atoms with Gasteiger partial charge in [0.2, 0.25) is 11.9 Å². The average Bonchev–Trinajstić information content (AvgIpc) is 2.57. The van der Waals surface area contributed by atoms with Gasteiger partial charge in [-0.1, -0.05) is 30.1 Å². The first-order valence-corrected chi connectivity index (χ1v) is 10.8. The Morgan fingerprint density at radius 2 is 1.90 bits per heavy atom. The van der Waals surface area contributed by atoms with E-state index in [1.165, 1.54) is 16.9 Å². The topological polar surface area (TPSA) is 74.4 Å². The number of benzene rings is 1. The van der Waals surface area contributed by atoms with Crippen molar-refractivity contribution in [3.05, 3.63) is 64.6 Å². The fourth-order valence-electron chi connectivity index (χ4n) is 2.83. The van der Waals surface area contributed by atoms with Gasteiger partial charge in [-0.25, -0.2) is 0 Å². The SMILES string of the molecule is CC(C)Cc1cc(C[N+]2=NC(c3ccc(NS(=O)(=O)C(F)(F)F)cc3Cl)=C2)ccn1. The molecule has 1 aromatic carbocycles. The number of aromatic nitrogens is 1. The predicted octanol–water partition coefficient (Wildman–Crippen LogP) is 5.17. The summed E-state index contributed by atoms with van der Waals surface area (Å²) in [6.07, 6.45) is 4.39. The van der Waals surface area contributed by atoms with Crippen LogP contribution in [-0.4, -0.2) is 23.6 Å². The largest absolute Gasteiger partial charge is 0.516 e. The second-order valence-corrected chi connectivity index (χ2v) is 9.29. The van der Waals surface area contributed by atoms with Crippen molar-refractivity contribution in [1.29, 1.82) is 0 Å². The van der Waals surface area contributed by atoms with Gasteiger partial charge in [-0.2, -0.15) is 21.6 Å². The van der Waals surface area contributed by atoms with Crippen LogP contribution in [0.15, 0.2) is 47.8 Å². The van der Waals surface area contributed by atoms with E-state index in [2.05, 4.69) is 23.9 Å². The molecule has 1 aliphatic rings. The predicted molar refractivity (Wildman–Crippen MR) is 107 cm³/mol. The normalized spacial score (nSPS) is 14.2. The molecule has 0 radical (unpaired) electrons. The number of halogens is 4. The molecule has 0 saturated heterocycles. The van der Waals surface area contributed by atoms with E-state index in [1.807, 2.05) is 12.1 Å². The first-order chi connectivity index (χ1) is 13.9. The van der Waals surface area contributed by atoms with Gasteiger partial charge >= 0.3 is 15.5 Å². The lowest BCUT2D eigenvalue weighted by molar-refractivity contribution is -0.554. The molecule has 0 aliphatic carbocycles. The van der Waals surface area contributed by atoms with Crippen LogP contribution in [0.5, 0.6) is 0 Å². The van der Waals surface area contributed by atoms with Crippen molar-refractivity contribution in [2.75, 3.05) is 4.72 Å². The summed E-state index contributed by atoms with van der Waals surface area (Å²) < 4.78 is 63.0. The zero-order valence-electron chi connectivity index (χ0n) is 16.1. The monoisotopic (exact) mass is 459 g/mol. The highest BCUT2D eigenvalue weighted by atomic mass is 35.5. The van der Waals surface area contributed by atoms with Crippen molar-refractivity contribution in [3.63, 3.8) is 0 Å². The lowest BCUT2D eigenvalue weighted by Gasteiger charge is -2.13. The van der Waals surface area contributed by atoms with Gasteiger partial charge in [0.1, 0.15) is 0 Å². The van der Waals surface area contributed by atoms with Crippen LogP contribution in [0.4, 0.5) is 18.9 Å². The third kappa shape index (κ3) is 5.17. The number of rotatable bonds is 7. The van der Waals surface area contributed by atoms with E-state index in [1.54, 1.807) is 17.1 Å². The lowest BCUT2D eigenvalue weighted by atomic mass is 10.1. The summed E-state index contributed by atoms with van der Waals surface area (Å²) in [7, 11) is -5.51. The van der Waals surface area contributed by atoms with Crippen molar-refractivity contribution in [2.45, 2.75) is 32.3 Å². The van der Waals surface area contributed by atoms with Gasteiger partial charge in [-0.3, -0.25) is 9.71 Å². The van der Waals surface area contributed by atoms with E-state index in [9.17, 15) is 21.6 Å². The Labute approximate surface area is 177 Å². The molecule has 2 aromatic rings. The first-order valence-electron chi connectivity index (χ1n) is 8.97. The Bertz CT molecular complexity index is 1130. The van der Waals surface area contributed by atoms with E-state index in [0.717, 1.165) is 23.7 Å². The highest BCUT2D eigenvalue weighted by Crippen LogP contribution is 2.33. The number of alkyl halides is 3. The summed E-state index contributed by atoms with van der Waals surface area (Å²) in [5.41, 5.74) is -2.62. The van der Waals surface area contributed by atoms with Gasteiger partial charge in [0.25, 0.3) is 0 Å². The summed E-state index contributed by atoms with van der Waals surface area (Å²) in [5, 5.41) is 4.43. The molecule has 6 nitrogen and oxygen atoms in total. The van der Waals surface area contributed by atoms with Crippen LogP contribution in [0.2, 0.25) is 5.02 Å². The van der Waals surface area contributed by atoms with Gasteiger partial charge < -0.3 is 0 Å². The van der Waals surface area contributed by atoms with Crippen molar-refractivity contribution >= 4 is 33.0 Å². The summed E-state index contributed by atoms with van der Waals surface area (Å²) in [6.45, 7) is 4.78. The second kappa shape index (κ2) is 8.35. The maximum absolute atomic E-state index is 12.5. The zero-order valence-corrected chi connectivity index (χ0v) is 17.7. The van der Waals surface area contributed by atoms with Crippen molar-refractivity contribution in [1.82, 2.24) is 4.98 Å². The Hall–Kier alpha value is -2.46. The van der Waals surface area contributed by atoms with Crippen LogP contribution in [0, 0.1) is 5.92 Å². The molecule has 0 atom stereocenters. The molecule has 0 bridgehead atoms. The Kier molecular flexibility index (Phi) is 6.19. The number of hydrogen-bond acceptors (Lipinski definition) is 4. The molecule has 0 unspecified atom stereocenters. The Morgan fingerprint density at radius 1 is 1.20 bits per heavy atom. The molecule has 0 spiro atoms. The number of hydrogen-bond donors (Lipinski definition) is 1. The average molecular weight is 460 g/mol. The van der Waals surface area contributed by atoms with Crippen molar-refractivity contribution < 1.29 is 26.3 Å².